The lowest BCUT2D eigenvalue weighted by Gasteiger charge is -2.62. The molecule has 0 aliphatic heterocycles. The van der Waals surface area contributed by atoms with Gasteiger partial charge in [-0.05, 0) is 43.4 Å². The van der Waals surface area contributed by atoms with Gasteiger partial charge in [0.15, 0.2) is 0 Å². The van der Waals surface area contributed by atoms with Gasteiger partial charge in [-0.3, -0.25) is 19.2 Å². The molecule has 9 atom stereocenters. The van der Waals surface area contributed by atoms with E-state index in [1.165, 1.54) is 21.0 Å². The molecule has 0 aromatic carbocycles. The average Bonchev–Trinajstić information content (AvgIpc) is 2.94. The van der Waals surface area contributed by atoms with Crippen LogP contribution in [-0.2, 0) is 33.4 Å². The molecular formula is C25H36O8. The number of fused-ring (bicyclic) bond motifs is 5. The molecule has 0 spiro atoms. The summed E-state index contributed by atoms with van der Waals surface area (Å²) in [7, 11) is 1.30. The number of hydrogen-bond donors (Lipinski definition) is 1. The van der Waals surface area contributed by atoms with Crippen LogP contribution in [-0.4, -0.2) is 53.7 Å². The van der Waals surface area contributed by atoms with Gasteiger partial charge >= 0.3 is 17.9 Å². The number of hydrogen-bond acceptors (Lipinski definition) is 8. The maximum atomic E-state index is 13.8. The molecule has 0 bridgehead atoms. The van der Waals surface area contributed by atoms with Crippen LogP contribution in [0.5, 0.6) is 0 Å². The average molecular weight is 465 g/mol. The Morgan fingerprint density at radius 2 is 1.67 bits per heavy atom. The largest absolute Gasteiger partial charge is 0.469 e. The monoisotopic (exact) mass is 464 g/mol. The summed E-state index contributed by atoms with van der Waals surface area (Å²) in [6.07, 6.45) is 2.63. The van der Waals surface area contributed by atoms with Crippen LogP contribution in [0.25, 0.3) is 0 Å². The zero-order valence-corrected chi connectivity index (χ0v) is 20.2. The molecule has 4 saturated carbocycles. The fourth-order valence-electron chi connectivity index (χ4n) is 8.19. The highest BCUT2D eigenvalue weighted by molar-refractivity contribution is 5.87. The molecule has 1 N–H and O–H groups in total. The van der Waals surface area contributed by atoms with Gasteiger partial charge in [-0.1, -0.05) is 13.8 Å². The Kier molecular flexibility index (Phi) is 5.91. The highest BCUT2D eigenvalue weighted by Gasteiger charge is 2.75. The minimum absolute atomic E-state index is 0.0396. The van der Waals surface area contributed by atoms with E-state index in [-0.39, 0.29) is 42.0 Å². The van der Waals surface area contributed by atoms with Crippen molar-refractivity contribution < 1.29 is 38.5 Å². The van der Waals surface area contributed by atoms with E-state index in [1.54, 1.807) is 6.92 Å². The molecule has 4 aliphatic rings. The van der Waals surface area contributed by atoms with Crippen molar-refractivity contribution in [2.75, 3.05) is 7.11 Å². The van der Waals surface area contributed by atoms with E-state index in [4.69, 9.17) is 14.2 Å². The summed E-state index contributed by atoms with van der Waals surface area (Å²) < 4.78 is 16.1. The van der Waals surface area contributed by atoms with Crippen molar-refractivity contribution in [3.8, 4) is 0 Å². The van der Waals surface area contributed by atoms with Crippen molar-refractivity contribution >= 4 is 23.7 Å². The van der Waals surface area contributed by atoms with Crippen molar-refractivity contribution in [3.05, 3.63) is 0 Å². The summed E-state index contributed by atoms with van der Waals surface area (Å²) in [5, 5.41) is 12.4. The van der Waals surface area contributed by atoms with E-state index >= 15 is 0 Å². The second-order valence-electron chi connectivity index (χ2n) is 11.2. The van der Waals surface area contributed by atoms with Gasteiger partial charge in [-0.15, -0.1) is 0 Å². The van der Waals surface area contributed by atoms with Crippen molar-refractivity contribution in [2.24, 2.45) is 34.5 Å². The third kappa shape index (κ3) is 3.43. The Balaban J connectivity index is 1.72. The summed E-state index contributed by atoms with van der Waals surface area (Å²) in [6, 6.07) is 0. The van der Waals surface area contributed by atoms with E-state index in [2.05, 4.69) is 6.92 Å². The molecule has 4 fully saturated rings. The maximum absolute atomic E-state index is 13.8. The molecule has 4 rings (SSSR count). The molecule has 8 nitrogen and oxygen atoms in total. The lowest BCUT2D eigenvalue weighted by Crippen LogP contribution is -2.68. The topological polar surface area (TPSA) is 116 Å². The number of carbonyl (C=O) groups excluding carboxylic acids is 4. The predicted molar refractivity (Wildman–Crippen MR) is 116 cm³/mol. The molecular weight excluding hydrogens is 428 g/mol. The van der Waals surface area contributed by atoms with E-state index in [9.17, 15) is 24.3 Å². The fourth-order valence-corrected chi connectivity index (χ4v) is 8.19. The Morgan fingerprint density at radius 1 is 1.00 bits per heavy atom. The molecule has 4 aliphatic carbocycles. The van der Waals surface area contributed by atoms with Crippen molar-refractivity contribution in [3.63, 3.8) is 0 Å². The van der Waals surface area contributed by atoms with Crippen LogP contribution in [0.4, 0.5) is 0 Å². The van der Waals surface area contributed by atoms with E-state index in [0.717, 1.165) is 6.42 Å². The lowest BCUT2D eigenvalue weighted by molar-refractivity contribution is -0.235. The molecule has 0 saturated heterocycles. The van der Waals surface area contributed by atoms with Crippen LogP contribution in [0.2, 0.25) is 0 Å². The number of aliphatic hydroxyl groups is 1. The number of carbonyl (C=O) groups is 4. The SMILES string of the molecule is COC(=O)[C@H]1C[C@H](OC(C)=O)[C@@]2(O)[C@@H]3CC[C@H]4C[C@@H](OC(C)=O)CC[C@]4(C)[C@H]3C(=O)C[C@]12C. The third-order valence-electron chi connectivity index (χ3n) is 9.63. The van der Waals surface area contributed by atoms with Crippen LogP contribution in [0, 0.1) is 34.5 Å². The second-order valence-corrected chi connectivity index (χ2v) is 11.2. The number of ketones is 1. The highest BCUT2D eigenvalue weighted by atomic mass is 16.6. The molecule has 33 heavy (non-hydrogen) atoms. The molecule has 0 heterocycles. The van der Waals surface area contributed by atoms with Gasteiger partial charge in [0, 0.05) is 43.9 Å². The van der Waals surface area contributed by atoms with Gasteiger partial charge < -0.3 is 19.3 Å². The molecule has 0 radical (unpaired) electrons. The smallest absolute Gasteiger partial charge is 0.309 e. The first-order valence-electron chi connectivity index (χ1n) is 12.1. The van der Waals surface area contributed by atoms with Gasteiger partial charge in [0.05, 0.1) is 13.0 Å². The molecule has 0 amide bonds. The number of rotatable bonds is 3. The highest BCUT2D eigenvalue weighted by Crippen LogP contribution is 2.68. The standard InChI is InChI=1S/C25H36O8/c1-13(26)32-16-8-9-23(3)15(10-16)6-7-17-21(23)19(28)12-24(4)18(22(29)31-5)11-20(25(17,24)30)33-14(2)27/h15-18,20-21,30H,6-12H2,1-5H3/t15-,16-,17+,18+,20-,21+,23-,24+,25-/m0/s1. The van der Waals surface area contributed by atoms with Crippen LogP contribution in [0.15, 0.2) is 0 Å². The third-order valence-corrected chi connectivity index (χ3v) is 9.63. The quantitative estimate of drug-likeness (QED) is 0.500. The van der Waals surface area contributed by atoms with Crippen molar-refractivity contribution in [2.45, 2.75) is 90.4 Å². The van der Waals surface area contributed by atoms with Crippen LogP contribution >= 0.6 is 0 Å². The van der Waals surface area contributed by atoms with Crippen molar-refractivity contribution in [1.82, 2.24) is 0 Å². The Labute approximate surface area is 194 Å². The number of ether oxygens (including phenoxy) is 3. The van der Waals surface area contributed by atoms with E-state index in [0.29, 0.717) is 25.7 Å². The minimum Gasteiger partial charge on any atom is -0.469 e. The molecule has 0 aromatic rings. The van der Waals surface area contributed by atoms with Crippen LogP contribution in [0.3, 0.4) is 0 Å². The van der Waals surface area contributed by atoms with Crippen LogP contribution in [0.1, 0.15) is 72.6 Å². The zero-order valence-electron chi connectivity index (χ0n) is 20.2. The first-order chi connectivity index (χ1) is 15.4. The number of esters is 3. The minimum atomic E-state index is -1.50. The fraction of sp³-hybridized carbons (Fsp3) is 0.840. The Bertz CT molecular complexity index is 868. The molecule has 0 unspecified atom stereocenters. The van der Waals surface area contributed by atoms with Gasteiger partial charge in [-0.25, -0.2) is 0 Å². The second kappa shape index (κ2) is 8.07. The number of Topliss-reactive ketones (excluding diaryl/α,β-unsaturated/α-hetero) is 1. The molecule has 0 aromatic heterocycles. The molecule has 8 heteroatoms. The predicted octanol–water partition coefficient (Wildman–Crippen LogP) is 2.59. The zero-order chi connectivity index (χ0) is 24.3. The summed E-state index contributed by atoms with van der Waals surface area (Å²) in [6.45, 7) is 6.61. The molecule has 184 valence electrons. The maximum Gasteiger partial charge on any atom is 0.309 e. The van der Waals surface area contributed by atoms with Crippen LogP contribution < -0.4 is 0 Å². The van der Waals surface area contributed by atoms with Gasteiger partial charge in [-0.2, -0.15) is 0 Å². The Morgan fingerprint density at radius 3 is 2.27 bits per heavy atom. The summed E-state index contributed by atoms with van der Waals surface area (Å²) in [5.74, 6) is -2.60. The van der Waals surface area contributed by atoms with E-state index in [1.807, 2.05) is 0 Å². The summed E-state index contributed by atoms with van der Waals surface area (Å²) in [4.78, 5) is 49.9. The Hall–Kier alpha value is -1.96. The first-order valence-corrected chi connectivity index (χ1v) is 12.1. The summed E-state index contributed by atoms with van der Waals surface area (Å²) in [5.41, 5.74) is -2.93. The number of methoxy groups -OCH3 is 1. The van der Waals surface area contributed by atoms with Gasteiger partial charge in [0.2, 0.25) is 0 Å². The van der Waals surface area contributed by atoms with Gasteiger partial charge in [0.25, 0.3) is 0 Å². The summed E-state index contributed by atoms with van der Waals surface area (Å²) >= 11 is 0. The van der Waals surface area contributed by atoms with Gasteiger partial charge in [0.1, 0.15) is 23.6 Å². The van der Waals surface area contributed by atoms with Crippen molar-refractivity contribution in [1.29, 1.82) is 0 Å². The normalized spacial score (nSPS) is 46.4. The van der Waals surface area contributed by atoms with E-state index < -0.39 is 46.8 Å². The first kappa shape index (κ1) is 24.2. The lowest BCUT2D eigenvalue weighted by atomic mass is 9.42.